The van der Waals surface area contributed by atoms with Crippen LogP contribution in [-0.4, -0.2) is 39.3 Å². The predicted molar refractivity (Wildman–Crippen MR) is 82.2 cm³/mol. The first-order valence-electron chi connectivity index (χ1n) is 6.17. The molecule has 0 aliphatic heterocycles. The van der Waals surface area contributed by atoms with Crippen molar-refractivity contribution in [1.82, 2.24) is 4.98 Å². The molecule has 4 nitrogen and oxygen atoms in total. The summed E-state index contributed by atoms with van der Waals surface area (Å²) in [6.45, 7) is 1.47. The third-order valence-corrected chi connectivity index (χ3v) is 3.76. The number of rotatable bonds is 6. The summed E-state index contributed by atoms with van der Waals surface area (Å²) in [5.74, 6) is 0. The average molecular weight is 277 g/mol. The minimum atomic E-state index is 0.687. The average Bonchev–Trinajstić information content (AvgIpc) is 2.88. The Morgan fingerprint density at radius 2 is 2.00 bits per heavy atom. The van der Waals surface area contributed by atoms with Crippen LogP contribution in [0.5, 0.6) is 0 Å². The van der Waals surface area contributed by atoms with Gasteiger partial charge >= 0.3 is 0 Å². The summed E-state index contributed by atoms with van der Waals surface area (Å²) in [4.78, 5) is 7.63. The van der Waals surface area contributed by atoms with Gasteiger partial charge in [0.2, 0.25) is 0 Å². The van der Waals surface area contributed by atoms with Crippen LogP contribution < -0.4 is 10.2 Å². The molecule has 0 saturated heterocycles. The number of thiazole rings is 1. The molecule has 0 atom stereocenters. The maximum Gasteiger partial charge on any atom is 0.183 e. The Morgan fingerprint density at radius 1 is 1.26 bits per heavy atom. The summed E-state index contributed by atoms with van der Waals surface area (Å²) in [6.07, 6.45) is 1.91. The summed E-state index contributed by atoms with van der Waals surface area (Å²) in [5.41, 5.74) is 2.40. The van der Waals surface area contributed by atoms with Gasteiger partial charge in [-0.3, -0.25) is 0 Å². The highest BCUT2D eigenvalue weighted by Crippen LogP contribution is 2.29. The van der Waals surface area contributed by atoms with Crippen LogP contribution in [0, 0.1) is 0 Å². The first-order valence-corrected chi connectivity index (χ1v) is 6.99. The molecule has 1 aromatic carbocycles. The Morgan fingerprint density at radius 3 is 2.63 bits per heavy atom. The fourth-order valence-electron chi connectivity index (χ4n) is 1.67. The van der Waals surface area contributed by atoms with Crippen molar-refractivity contribution >= 4 is 22.2 Å². The van der Waals surface area contributed by atoms with Crippen LogP contribution in [0.2, 0.25) is 0 Å². The number of anilines is 2. The van der Waals surface area contributed by atoms with E-state index in [0.29, 0.717) is 6.61 Å². The van der Waals surface area contributed by atoms with Gasteiger partial charge in [0.15, 0.2) is 5.13 Å². The number of nitrogens with zero attached hydrogens (tertiary/aromatic N) is 2. The fraction of sp³-hybridized carbons (Fsp3) is 0.357. The molecule has 0 radical (unpaired) electrons. The van der Waals surface area contributed by atoms with E-state index < -0.39 is 0 Å². The highest BCUT2D eigenvalue weighted by atomic mass is 32.1. The van der Waals surface area contributed by atoms with Crippen LogP contribution in [0.1, 0.15) is 0 Å². The van der Waals surface area contributed by atoms with E-state index in [2.05, 4.69) is 39.5 Å². The molecule has 1 N–H and O–H groups in total. The van der Waals surface area contributed by atoms with E-state index in [4.69, 9.17) is 4.74 Å². The molecule has 0 fully saturated rings. The standard InChI is InChI=1S/C14H19N3OS/c1-17(2)12-6-4-11(5-7-12)13-10-16-14(19-13)15-8-9-18-3/h4-7,10H,8-9H2,1-3H3,(H,15,16). The van der Waals surface area contributed by atoms with Crippen LogP contribution in [0.4, 0.5) is 10.8 Å². The Kier molecular flexibility index (Phi) is 4.76. The van der Waals surface area contributed by atoms with E-state index in [-0.39, 0.29) is 0 Å². The number of methoxy groups -OCH3 is 1. The van der Waals surface area contributed by atoms with Gasteiger partial charge < -0.3 is 15.0 Å². The third-order valence-electron chi connectivity index (χ3n) is 2.76. The van der Waals surface area contributed by atoms with Gasteiger partial charge in [0.25, 0.3) is 0 Å². The molecule has 2 aromatic rings. The van der Waals surface area contributed by atoms with Gasteiger partial charge in [-0.25, -0.2) is 4.98 Å². The second kappa shape index (κ2) is 6.54. The van der Waals surface area contributed by atoms with Gasteiger partial charge in [0.05, 0.1) is 11.5 Å². The second-order valence-electron chi connectivity index (χ2n) is 4.39. The zero-order valence-corrected chi connectivity index (χ0v) is 12.3. The zero-order chi connectivity index (χ0) is 13.7. The summed E-state index contributed by atoms with van der Waals surface area (Å²) >= 11 is 1.66. The lowest BCUT2D eigenvalue weighted by atomic mass is 10.2. The molecule has 0 saturated carbocycles. The highest BCUT2D eigenvalue weighted by Gasteiger charge is 2.04. The molecule has 19 heavy (non-hydrogen) atoms. The molecular weight excluding hydrogens is 258 g/mol. The Labute approximate surface area is 118 Å². The number of ether oxygens (including phenoxy) is 1. The molecule has 0 unspecified atom stereocenters. The normalized spacial score (nSPS) is 10.5. The van der Waals surface area contributed by atoms with Crippen molar-refractivity contribution in [2.75, 3.05) is 44.6 Å². The Balaban J connectivity index is 2.05. The quantitative estimate of drug-likeness (QED) is 0.824. The van der Waals surface area contributed by atoms with E-state index in [9.17, 15) is 0 Å². The summed E-state index contributed by atoms with van der Waals surface area (Å²) in [7, 11) is 5.78. The van der Waals surface area contributed by atoms with E-state index in [0.717, 1.165) is 11.7 Å². The van der Waals surface area contributed by atoms with Crippen molar-refractivity contribution in [3.63, 3.8) is 0 Å². The third kappa shape index (κ3) is 3.68. The topological polar surface area (TPSA) is 37.4 Å². The molecule has 1 aromatic heterocycles. The van der Waals surface area contributed by atoms with Crippen LogP contribution in [-0.2, 0) is 4.74 Å². The van der Waals surface area contributed by atoms with Crippen molar-refractivity contribution in [1.29, 1.82) is 0 Å². The molecule has 5 heteroatoms. The Bertz CT molecular complexity index is 508. The van der Waals surface area contributed by atoms with E-state index in [1.165, 1.54) is 16.1 Å². The first kappa shape index (κ1) is 13.8. The first-order chi connectivity index (χ1) is 9.20. The fourth-order valence-corrected chi connectivity index (χ4v) is 2.52. The predicted octanol–water partition coefficient (Wildman–Crippen LogP) is 2.93. The van der Waals surface area contributed by atoms with Gasteiger partial charge in [-0.2, -0.15) is 0 Å². The summed E-state index contributed by atoms with van der Waals surface area (Å²) in [5, 5.41) is 4.17. The number of nitrogens with one attached hydrogen (secondary N) is 1. The van der Waals surface area contributed by atoms with Crippen LogP contribution >= 0.6 is 11.3 Å². The lowest BCUT2D eigenvalue weighted by molar-refractivity contribution is 0.211. The molecule has 0 aliphatic rings. The van der Waals surface area contributed by atoms with Gasteiger partial charge in [0, 0.05) is 39.6 Å². The molecule has 102 valence electrons. The molecule has 0 aliphatic carbocycles. The molecule has 2 rings (SSSR count). The smallest absolute Gasteiger partial charge is 0.183 e. The highest BCUT2D eigenvalue weighted by molar-refractivity contribution is 7.18. The molecule has 0 spiro atoms. The van der Waals surface area contributed by atoms with Gasteiger partial charge in [-0.15, -0.1) is 0 Å². The van der Waals surface area contributed by atoms with Crippen LogP contribution in [0.3, 0.4) is 0 Å². The summed E-state index contributed by atoms with van der Waals surface area (Å²) in [6, 6.07) is 8.49. The maximum absolute atomic E-state index is 5.00. The van der Waals surface area contributed by atoms with Crippen molar-refractivity contribution in [2.24, 2.45) is 0 Å². The van der Waals surface area contributed by atoms with Gasteiger partial charge in [-0.1, -0.05) is 23.5 Å². The van der Waals surface area contributed by atoms with Crippen LogP contribution in [0.25, 0.3) is 10.4 Å². The molecule has 1 heterocycles. The SMILES string of the molecule is COCCNc1ncc(-c2ccc(N(C)C)cc2)s1. The van der Waals surface area contributed by atoms with Crippen molar-refractivity contribution in [3.05, 3.63) is 30.5 Å². The molecular formula is C14H19N3OS. The molecule has 0 bridgehead atoms. The van der Waals surface area contributed by atoms with Gasteiger partial charge in [0.1, 0.15) is 0 Å². The number of hydrogen-bond acceptors (Lipinski definition) is 5. The van der Waals surface area contributed by atoms with Crippen molar-refractivity contribution in [3.8, 4) is 10.4 Å². The minimum Gasteiger partial charge on any atom is -0.383 e. The monoisotopic (exact) mass is 277 g/mol. The summed E-state index contributed by atoms with van der Waals surface area (Å²) < 4.78 is 5.00. The number of hydrogen-bond donors (Lipinski definition) is 1. The van der Waals surface area contributed by atoms with E-state index in [1.807, 2.05) is 20.3 Å². The lowest BCUT2D eigenvalue weighted by Gasteiger charge is -2.12. The number of aromatic nitrogens is 1. The lowest BCUT2D eigenvalue weighted by Crippen LogP contribution is -2.07. The largest absolute Gasteiger partial charge is 0.383 e. The number of benzene rings is 1. The second-order valence-corrected chi connectivity index (χ2v) is 5.42. The molecule has 0 amide bonds. The Hall–Kier alpha value is -1.59. The van der Waals surface area contributed by atoms with E-state index in [1.54, 1.807) is 18.4 Å². The van der Waals surface area contributed by atoms with E-state index >= 15 is 0 Å². The maximum atomic E-state index is 5.00. The zero-order valence-electron chi connectivity index (χ0n) is 11.5. The van der Waals surface area contributed by atoms with Crippen molar-refractivity contribution in [2.45, 2.75) is 0 Å². The van der Waals surface area contributed by atoms with Crippen molar-refractivity contribution < 1.29 is 4.74 Å². The minimum absolute atomic E-state index is 0.687. The van der Waals surface area contributed by atoms with Crippen LogP contribution in [0.15, 0.2) is 30.5 Å². The van der Waals surface area contributed by atoms with Gasteiger partial charge in [-0.05, 0) is 17.7 Å².